The van der Waals surface area contributed by atoms with Gasteiger partial charge in [0.05, 0.1) is 38.5 Å². The molecule has 1 amide bonds. The highest BCUT2D eigenvalue weighted by Gasteiger charge is 2.38. The second-order valence-corrected chi connectivity index (χ2v) is 7.23. The highest BCUT2D eigenvalue weighted by molar-refractivity contribution is 9.10. The summed E-state index contributed by atoms with van der Waals surface area (Å²) >= 11 is 3.42. The number of carbonyl (C=O) groups excluding carboxylic acids is 2. The van der Waals surface area contributed by atoms with Gasteiger partial charge in [0.25, 0.3) is 0 Å². The van der Waals surface area contributed by atoms with E-state index < -0.39 is 18.0 Å². The van der Waals surface area contributed by atoms with Crippen molar-refractivity contribution in [1.82, 2.24) is 0 Å². The number of carbonyl (C=O) groups is 2. The van der Waals surface area contributed by atoms with E-state index in [4.69, 9.17) is 9.47 Å². The lowest BCUT2D eigenvalue weighted by Crippen LogP contribution is -2.32. The maximum Gasteiger partial charge on any atom is 0.312 e. The number of hydrogen-bond acceptors (Lipinski definition) is 5. The first-order valence-electron chi connectivity index (χ1n) is 8.43. The second-order valence-electron chi connectivity index (χ2n) is 6.31. The number of anilines is 1. The summed E-state index contributed by atoms with van der Waals surface area (Å²) in [6.45, 7) is 0.312. The predicted molar refractivity (Wildman–Crippen MR) is 103 cm³/mol. The van der Waals surface area contributed by atoms with E-state index in [0.717, 1.165) is 15.8 Å². The van der Waals surface area contributed by atoms with Crippen molar-refractivity contribution in [2.24, 2.45) is 5.92 Å². The van der Waals surface area contributed by atoms with Crippen LogP contribution in [0, 0.1) is 5.92 Å². The smallest absolute Gasteiger partial charge is 0.312 e. The predicted octanol–water partition coefficient (Wildman–Crippen LogP) is 3.22. The van der Waals surface area contributed by atoms with Crippen molar-refractivity contribution in [1.29, 1.82) is 0 Å². The summed E-state index contributed by atoms with van der Waals surface area (Å²) < 4.78 is 10.7. The molecule has 0 aliphatic carbocycles. The number of fused-ring (bicyclic) bond motifs is 1. The van der Waals surface area contributed by atoms with Gasteiger partial charge in [-0.15, -0.1) is 0 Å². The van der Waals surface area contributed by atoms with Gasteiger partial charge < -0.3 is 19.5 Å². The topological polar surface area (TPSA) is 76.1 Å². The molecule has 0 saturated heterocycles. The first-order valence-corrected chi connectivity index (χ1v) is 9.22. The molecule has 1 aliphatic heterocycles. The lowest BCUT2D eigenvalue weighted by molar-refractivity contribution is -0.151. The van der Waals surface area contributed by atoms with Crippen LogP contribution >= 0.6 is 15.9 Å². The standard InChI is InChI=1S/C20H20BrNO5/c1-26-14-6-3-12(4-7-14)11-22-17-9-13(21)5-8-15(17)19(24)16(10-18(22)23)20(25)27-2/h3-9,16,19,24H,10-11H2,1-2H3. The molecule has 0 fully saturated rings. The first-order chi connectivity index (χ1) is 12.9. The Hall–Kier alpha value is -2.38. The van der Waals surface area contributed by atoms with Gasteiger partial charge in [0.2, 0.25) is 5.91 Å². The summed E-state index contributed by atoms with van der Waals surface area (Å²) in [5.41, 5.74) is 2.00. The molecule has 2 atom stereocenters. The molecule has 7 heteroatoms. The molecule has 1 N–H and O–H groups in total. The lowest BCUT2D eigenvalue weighted by Gasteiger charge is -2.24. The van der Waals surface area contributed by atoms with Crippen LogP contribution in [0.3, 0.4) is 0 Å². The van der Waals surface area contributed by atoms with Crippen molar-refractivity contribution in [3.63, 3.8) is 0 Å². The van der Waals surface area contributed by atoms with Gasteiger partial charge in [0.1, 0.15) is 5.75 Å². The Morgan fingerprint density at radius 1 is 1.22 bits per heavy atom. The number of halogens is 1. The van der Waals surface area contributed by atoms with Gasteiger partial charge in [0, 0.05) is 16.5 Å². The molecule has 27 heavy (non-hydrogen) atoms. The SMILES string of the molecule is COC(=O)C1CC(=O)N(Cc2ccc(OC)cc2)c2cc(Br)ccc2C1O. The van der Waals surface area contributed by atoms with Crippen LogP contribution < -0.4 is 9.64 Å². The average molecular weight is 434 g/mol. The molecule has 1 aliphatic rings. The van der Waals surface area contributed by atoms with Crippen molar-refractivity contribution in [3.8, 4) is 5.75 Å². The first kappa shape index (κ1) is 19.4. The molecule has 0 spiro atoms. The van der Waals surface area contributed by atoms with E-state index in [1.54, 1.807) is 30.2 Å². The van der Waals surface area contributed by atoms with E-state index in [2.05, 4.69) is 15.9 Å². The minimum Gasteiger partial charge on any atom is -0.497 e. The molecule has 0 bridgehead atoms. The minimum absolute atomic E-state index is 0.129. The highest BCUT2D eigenvalue weighted by atomic mass is 79.9. The molecule has 6 nitrogen and oxygen atoms in total. The van der Waals surface area contributed by atoms with E-state index in [9.17, 15) is 14.7 Å². The Bertz CT molecular complexity index is 852. The van der Waals surface area contributed by atoms with Crippen molar-refractivity contribution in [2.45, 2.75) is 19.1 Å². The van der Waals surface area contributed by atoms with Gasteiger partial charge in [-0.1, -0.05) is 34.1 Å². The van der Waals surface area contributed by atoms with Crippen molar-refractivity contribution >= 4 is 33.5 Å². The minimum atomic E-state index is -1.12. The Morgan fingerprint density at radius 2 is 1.93 bits per heavy atom. The van der Waals surface area contributed by atoms with E-state index in [0.29, 0.717) is 17.8 Å². The maximum atomic E-state index is 13.0. The molecule has 2 aromatic rings. The number of nitrogens with zero attached hydrogens (tertiary/aromatic N) is 1. The summed E-state index contributed by atoms with van der Waals surface area (Å²) in [5, 5.41) is 10.8. The Balaban J connectivity index is 2.02. The number of esters is 1. The lowest BCUT2D eigenvalue weighted by atomic mass is 9.93. The molecule has 2 unspecified atom stereocenters. The fourth-order valence-electron chi connectivity index (χ4n) is 3.21. The third-order valence-electron chi connectivity index (χ3n) is 4.68. The summed E-state index contributed by atoms with van der Waals surface area (Å²) in [6, 6.07) is 12.7. The zero-order valence-electron chi connectivity index (χ0n) is 15.0. The normalized spacial score (nSPS) is 19.3. The molecule has 0 aromatic heterocycles. The zero-order valence-corrected chi connectivity index (χ0v) is 16.6. The molecule has 2 aromatic carbocycles. The average Bonchev–Trinajstić information content (AvgIpc) is 2.78. The summed E-state index contributed by atoms with van der Waals surface area (Å²) in [6.07, 6.45) is -1.25. The Morgan fingerprint density at radius 3 is 2.56 bits per heavy atom. The van der Waals surface area contributed by atoms with E-state index in [1.165, 1.54) is 7.11 Å². The van der Waals surface area contributed by atoms with Crippen molar-refractivity contribution in [2.75, 3.05) is 19.1 Å². The number of hydrogen-bond donors (Lipinski definition) is 1. The Kier molecular flexibility index (Phi) is 5.82. The number of aliphatic hydroxyl groups is 1. The van der Waals surface area contributed by atoms with Gasteiger partial charge in [-0.05, 0) is 29.8 Å². The fourth-order valence-corrected chi connectivity index (χ4v) is 3.56. The molecular weight excluding hydrogens is 414 g/mol. The number of aliphatic hydroxyl groups excluding tert-OH is 1. The van der Waals surface area contributed by atoms with Crippen LogP contribution in [0.25, 0.3) is 0 Å². The monoisotopic (exact) mass is 433 g/mol. The third-order valence-corrected chi connectivity index (χ3v) is 5.18. The van der Waals surface area contributed by atoms with E-state index >= 15 is 0 Å². The van der Waals surface area contributed by atoms with Crippen LogP contribution in [0.4, 0.5) is 5.69 Å². The number of methoxy groups -OCH3 is 2. The van der Waals surface area contributed by atoms with Crippen LogP contribution in [-0.2, 0) is 20.9 Å². The van der Waals surface area contributed by atoms with Gasteiger partial charge >= 0.3 is 5.97 Å². The van der Waals surface area contributed by atoms with Crippen LogP contribution in [0.2, 0.25) is 0 Å². The van der Waals surface area contributed by atoms with Crippen LogP contribution in [-0.4, -0.2) is 31.2 Å². The van der Waals surface area contributed by atoms with Gasteiger partial charge in [-0.25, -0.2) is 0 Å². The Labute approximate surface area is 165 Å². The van der Waals surface area contributed by atoms with Crippen molar-refractivity contribution < 1.29 is 24.2 Å². The number of rotatable bonds is 4. The summed E-state index contributed by atoms with van der Waals surface area (Å²) in [4.78, 5) is 26.7. The van der Waals surface area contributed by atoms with E-state index in [1.807, 2.05) is 24.3 Å². The van der Waals surface area contributed by atoms with Crippen LogP contribution in [0.15, 0.2) is 46.9 Å². The maximum absolute atomic E-state index is 13.0. The summed E-state index contributed by atoms with van der Waals surface area (Å²) in [7, 11) is 2.84. The van der Waals surface area contributed by atoms with Gasteiger partial charge in [-0.2, -0.15) is 0 Å². The number of ether oxygens (including phenoxy) is 2. The number of amides is 1. The molecule has 1 heterocycles. The second kappa shape index (κ2) is 8.10. The van der Waals surface area contributed by atoms with Crippen molar-refractivity contribution in [3.05, 3.63) is 58.1 Å². The van der Waals surface area contributed by atoms with Gasteiger partial charge in [0.15, 0.2) is 0 Å². The third kappa shape index (κ3) is 3.99. The summed E-state index contributed by atoms with van der Waals surface area (Å²) in [5.74, 6) is -1.07. The van der Waals surface area contributed by atoms with Gasteiger partial charge in [-0.3, -0.25) is 9.59 Å². The highest BCUT2D eigenvalue weighted by Crippen LogP contribution is 2.39. The molecule has 142 valence electrons. The largest absolute Gasteiger partial charge is 0.497 e. The van der Waals surface area contributed by atoms with Crippen LogP contribution in [0.5, 0.6) is 5.75 Å². The molecular formula is C20H20BrNO5. The molecule has 0 radical (unpaired) electrons. The van der Waals surface area contributed by atoms with E-state index in [-0.39, 0.29) is 12.3 Å². The fraction of sp³-hybridized carbons (Fsp3) is 0.300. The molecule has 0 saturated carbocycles. The molecule has 3 rings (SSSR count). The van der Waals surface area contributed by atoms with Crippen LogP contribution in [0.1, 0.15) is 23.7 Å². The zero-order chi connectivity index (χ0) is 19.6. The number of benzene rings is 2. The quantitative estimate of drug-likeness (QED) is 0.749.